The monoisotopic (exact) mass is 307 g/mol. The Balaban J connectivity index is 1.34. The van der Waals surface area contributed by atoms with Crippen molar-refractivity contribution in [3.05, 3.63) is 60.3 Å². The van der Waals surface area contributed by atoms with Crippen LogP contribution in [0.5, 0.6) is 0 Å². The van der Waals surface area contributed by atoms with E-state index < -0.39 is 0 Å². The molecule has 1 aromatic carbocycles. The minimum absolute atomic E-state index is 0.193. The highest BCUT2D eigenvalue weighted by Crippen LogP contribution is 2.48. The Morgan fingerprint density at radius 3 is 2.39 bits per heavy atom. The van der Waals surface area contributed by atoms with Crippen molar-refractivity contribution in [3.63, 3.8) is 0 Å². The summed E-state index contributed by atoms with van der Waals surface area (Å²) in [5, 5.41) is 0. The maximum atomic E-state index is 12.7. The number of carbonyl (C=O) groups excluding carboxylic acids is 1. The van der Waals surface area contributed by atoms with Gasteiger partial charge in [0.15, 0.2) is 0 Å². The van der Waals surface area contributed by atoms with Crippen molar-refractivity contribution >= 4 is 11.7 Å². The summed E-state index contributed by atoms with van der Waals surface area (Å²) in [6.07, 6.45) is 2.82. The average molecular weight is 307 g/mol. The molecule has 4 nitrogen and oxygen atoms in total. The lowest BCUT2D eigenvalue weighted by atomic mass is 10.1. The number of rotatable bonds is 3. The molecule has 118 valence electrons. The fraction of sp³-hybridized carbons (Fsp3) is 0.368. The zero-order valence-electron chi connectivity index (χ0n) is 13.1. The van der Waals surface area contributed by atoms with E-state index in [0.717, 1.165) is 38.4 Å². The maximum absolute atomic E-state index is 12.7. The van der Waals surface area contributed by atoms with Crippen LogP contribution >= 0.6 is 0 Å². The molecule has 0 bridgehead atoms. The zero-order valence-corrected chi connectivity index (χ0v) is 13.1. The van der Waals surface area contributed by atoms with E-state index in [9.17, 15) is 4.79 Å². The van der Waals surface area contributed by atoms with Crippen molar-refractivity contribution in [3.8, 4) is 0 Å². The number of amides is 1. The molecule has 1 aliphatic carbocycles. The maximum Gasteiger partial charge on any atom is 0.226 e. The standard InChI is InChI=1S/C19H21N3O/c23-19(17-14-16(17)15-6-2-1-3-7-15)22-12-10-21(11-13-22)18-8-4-5-9-20-18/h1-9,16-17H,10-14H2/t16-,17+/m0/s1. The summed E-state index contributed by atoms with van der Waals surface area (Å²) in [5.41, 5.74) is 1.30. The molecule has 0 radical (unpaired) electrons. The van der Waals surface area contributed by atoms with Crippen molar-refractivity contribution in [2.75, 3.05) is 31.1 Å². The molecule has 2 atom stereocenters. The van der Waals surface area contributed by atoms with Gasteiger partial charge in [-0.2, -0.15) is 0 Å². The van der Waals surface area contributed by atoms with Gasteiger partial charge in [-0.1, -0.05) is 36.4 Å². The topological polar surface area (TPSA) is 36.4 Å². The molecule has 4 rings (SSSR count). The third-order valence-corrected chi connectivity index (χ3v) is 4.90. The van der Waals surface area contributed by atoms with E-state index in [-0.39, 0.29) is 5.92 Å². The van der Waals surface area contributed by atoms with Gasteiger partial charge in [-0.05, 0) is 30.0 Å². The summed E-state index contributed by atoms with van der Waals surface area (Å²) in [4.78, 5) is 21.4. The fourth-order valence-corrected chi connectivity index (χ4v) is 3.47. The Kier molecular flexibility index (Phi) is 3.74. The molecular weight excluding hydrogens is 286 g/mol. The van der Waals surface area contributed by atoms with Crippen LogP contribution in [0.15, 0.2) is 54.7 Å². The first-order valence-corrected chi connectivity index (χ1v) is 8.32. The molecule has 1 amide bonds. The largest absolute Gasteiger partial charge is 0.353 e. The average Bonchev–Trinajstić information content (AvgIpc) is 3.44. The highest BCUT2D eigenvalue weighted by Gasteiger charge is 2.45. The van der Waals surface area contributed by atoms with Gasteiger partial charge in [0.25, 0.3) is 0 Å². The molecule has 2 fully saturated rings. The second-order valence-corrected chi connectivity index (χ2v) is 6.36. The van der Waals surface area contributed by atoms with Crippen molar-refractivity contribution in [2.24, 2.45) is 5.92 Å². The van der Waals surface area contributed by atoms with E-state index in [4.69, 9.17) is 0 Å². The van der Waals surface area contributed by atoms with Gasteiger partial charge < -0.3 is 9.80 Å². The summed E-state index contributed by atoms with van der Waals surface area (Å²) in [5.74, 6) is 1.96. The quantitative estimate of drug-likeness (QED) is 0.874. The van der Waals surface area contributed by atoms with Crippen LogP contribution in [0.2, 0.25) is 0 Å². The fourth-order valence-electron chi connectivity index (χ4n) is 3.47. The Morgan fingerprint density at radius 1 is 0.957 bits per heavy atom. The Labute approximate surface area is 136 Å². The van der Waals surface area contributed by atoms with E-state index in [1.165, 1.54) is 5.56 Å². The summed E-state index contributed by atoms with van der Waals surface area (Å²) in [6, 6.07) is 16.4. The van der Waals surface area contributed by atoms with Gasteiger partial charge in [0.05, 0.1) is 0 Å². The molecule has 4 heteroatoms. The number of carbonyl (C=O) groups is 1. The number of benzene rings is 1. The van der Waals surface area contributed by atoms with Gasteiger partial charge in [0, 0.05) is 38.3 Å². The van der Waals surface area contributed by atoms with Gasteiger partial charge in [-0.3, -0.25) is 4.79 Å². The molecule has 1 saturated heterocycles. The molecule has 1 aromatic heterocycles. The van der Waals surface area contributed by atoms with Gasteiger partial charge in [0.1, 0.15) is 5.82 Å². The van der Waals surface area contributed by atoms with E-state index in [1.54, 1.807) is 0 Å². The third-order valence-electron chi connectivity index (χ3n) is 4.90. The first-order chi connectivity index (χ1) is 11.3. The number of anilines is 1. The van der Waals surface area contributed by atoms with Crippen LogP contribution in [0.3, 0.4) is 0 Å². The van der Waals surface area contributed by atoms with E-state index in [0.29, 0.717) is 11.8 Å². The summed E-state index contributed by atoms with van der Waals surface area (Å²) >= 11 is 0. The molecule has 1 aliphatic heterocycles. The normalized spacial score (nSPS) is 23.7. The lowest BCUT2D eigenvalue weighted by Crippen LogP contribution is -2.49. The summed E-state index contributed by atoms with van der Waals surface area (Å²) < 4.78 is 0. The number of aromatic nitrogens is 1. The zero-order chi connectivity index (χ0) is 15.6. The molecule has 2 heterocycles. The van der Waals surface area contributed by atoms with E-state index in [2.05, 4.69) is 34.1 Å². The lowest BCUT2D eigenvalue weighted by molar-refractivity contribution is -0.133. The van der Waals surface area contributed by atoms with Gasteiger partial charge in [0.2, 0.25) is 5.91 Å². The van der Waals surface area contributed by atoms with Crippen LogP contribution in [0.1, 0.15) is 17.9 Å². The summed E-state index contributed by atoms with van der Waals surface area (Å²) in [6.45, 7) is 3.33. The third kappa shape index (κ3) is 2.93. The minimum atomic E-state index is 0.193. The SMILES string of the molecule is O=C([C@@H]1C[C@H]1c1ccccc1)N1CCN(c2ccccn2)CC1. The van der Waals surface area contributed by atoms with Crippen LogP contribution in [-0.4, -0.2) is 42.0 Å². The van der Waals surface area contributed by atoms with Crippen molar-refractivity contribution < 1.29 is 4.79 Å². The molecule has 0 spiro atoms. The number of piperazine rings is 1. The number of pyridine rings is 1. The second-order valence-electron chi connectivity index (χ2n) is 6.36. The Bertz CT molecular complexity index is 666. The minimum Gasteiger partial charge on any atom is -0.353 e. The number of hydrogen-bond acceptors (Lipinski definition) is 3. The Hall–Kier alpha value is -2.36. The first-order valence-electron chi connectivity index (χ1n) is 8.32. The van der Waals surface area contributed by atoms with Gasteiger partial charge in [-0.25, -0.2) is 4.98 Å². The highest BCUT2D eigenvalue weighted by molar-refractivity contribution is 5.83. The molecule has 2 aromatic rings. The molecule has 0 unspecified atom stereocenters. The van der Waals surface area contributed by atoms with Crippen LogP contribution in [-0.2, 0) is 4.79 Å². The second kappa shape index (κ2) is 6.03. The van der Waals surface area contributed by atoms with Crippen LogP contribution in [0.4, 0.5) is 5.82 Å². The van der Waals surface area contributed by atoms with Crippen LogP contribution in [0, 0.1) is 5.92 Å². The van der Waals surface area contributed by atoms with E-state index >= 15 is 0 Å². The molecule has 0 N–H and O–H groups in total. The molecular formula is C19H21N3O. The molecule has 23 heavy (non-hydrogen) atoms. The molecule has 1 saturated carbocycles. The van der Waals surface area contributed by atoms with E-state index in [1.807, 2.05) is 35.4 Å². The Morgan fingerprint density at radius 2 is 1.70 bits per heavy atom. The smallest absolute Gasteiger partial charge is 0.226 e. The van der Waals surface area contributed by atoms with Crippen LogP contribution in [0.25, 0.3) is 0 Å². The van der Waals surface area contributed by atoms with Gasteiger partial charge >= 0.3 is 0 Å². The molecule has 2 aliphatic rings. The van der Waals surface area contributed by atoms with Crippen molar-refractivity contribution in [2.45, 2.75) is 12.3 Å². The predicted molar refractivity (Wildman–Crippen MR) is 90.3 cm³/mol. The lowest BCUT2D eigenvalue weighted by Gasteiger charge is -2.35. The predicted octanol–water partition coefficient (Wildman–Crippen LogP) is 2.53. The highest BCUT2D eigenvalue weighted by atomic mass is 16.2. The van der Waals surface area contributed by atoms with Crippen LogP contribution < -0.4 is 4.90 Å². The number of nitrogens with zero attached hydrogens (tertiary/aromatic N) is 3. The van der Waals surface area contributed by atoms with Gasteiger partial charge in [-0.15, -0.1) is 0 Å². The number of hydrogen-bond donors (Lipinski definition) is 0. The summed E-state index contributed by atoms with van der Waals surface area (Å²) in [7, 11) is 0. The van der Waals surface area contributed by atoms with Crippen molar-refractivity contribution in [1.29, 1.82) is 0 Å². The first kappa shape index (κ1) is 14.2. The van der Waals surface area contributed by atoms with Crippen molar-refractivity contribution in [1.82, 2.24) is 9.88 Å².